The van der Waals surface area contributed by atoms with Crippen LogP contribution in [0.2, 0.25) is 5.02 Å². The number of hydrogen-bond donors (Lipinski definition) is 0. The lowest BCUT2D eigenvalue weighted by atomic mass is 10.1. The summed E-state index contributed by atoms with van der Waals surface area (Å²) < 4.78 is 28.1. The second-order valence-electron chi connectivity index (χ2n) is 8.02. The zero-order chi connectivity index (χ0) is 25.5. The van der Waals surface area contributed by atoms with Crippen molar-refractivity contribution in [1.29, 1.82) is 5.26 Å². The maximum absolute atomic E-state index is 13.2. The van der Waals surface area contributed by atoms with Crippen LogP contribution in [0.3, 0.4) is 0 Å². The Hall–Kier alpha value is -3.31. The van der Waals surface area contributed by atoms with Gasteiger partial charge in [0.25, 0.3) is 0 Å². The van der Waals surface area contributed by atoms with Gasteiger partial charge in [0.2, 0.25) is 9.84 Å². The first-order valence-corrected chi connectivity index (χ1v) is 14.3. The molecule has 0 saturated carbocycles. The summed E-state index contributed by atoms with van der Waals surface area (Å²) in [6.45, 7) is 2.17. The van der Waals surface area contributed by atoms with Crippen molar-refractivity contribution in [3.05, 3.63) is 101 Å². The predicted octanol–water partition coefficient (Wildman–Crippen LogP) is 7.42. The summed E-state index contributed by atoms with van der Waals surface area (Å²) in [6, 6.07) is 25.2. The van der Waals surface area contributed by atoms with E-state index in [0.29, 0.717) is 16.3 Å². The van der Waals surface area contributed by atoms with Gasteiger partial charge >= 0.3 is 0 Å². The summed E-state index contributed by atoms with van der Waals surface area (Å²) in [5.41, 5.74) is 2.77. The standard InChI is InChI=1S/C28H24ClN3O2S2/c1-2-3-17-35-25-13-9-21(10-14-25)28-22(20-32(31-28)24-7-5-4-6-8-24)18-27(19-30)36(33,34)26-15-11-23(29)12-16-26/h4-16,18,20H,2-3,17H2,1H3/b27-18-. The minimum atomic E-state index is -4.04. The van der Waals surface area contributed by atoms with Gasteiger partial charge in [0, 0.05) is 27.2 Å². The molecular weight excluding hydrogens is 510 g/mol. The summed E-state index contributed by atoms with van der Waals surface area (Å²) in [4.78, 5) is 0.797. The van der Waals surface area contributed by atoms with Crippen LogP contribution in [0.4, 0.5) is 0 Å². The fourth-order valence-electron chi connectivity index (χ4n) is 3.53. The number of nitrogens with zero attached hydrogens (tertiary/aromatic N) is 3. The van der Waals surface area contributed by atoms with Gasteiger partial charge in [-0.25, -0.2) is 13.1 Å². The van der Waals surface area contributed by atoms with Crippen molar-refractivity contribution in [2.24, 2.45) is 0 Å². The average Bonchev–Trinajstić information content (AvgIpc) is 3.32. The molecule has 4 rings (SSSR count). The summed E-state index contributed by atoms with van der Waals surface area (Å²) in [6.07, 6.45) is 5.43. The second-order valence-corrected chi connectivity index (χ2v) is 11.5. The van der Waals surface area contributed by atoms with Crippen molar-refractivity contribution in [3.63, 3.8) is 0 Å². The molecule has 1 aromatic heterocycles. The Morgan fingerprint density at radius 1 is 1.06 bits per heavy atom. The number of unbranched alkanes of at least 4 members (excludes halogenated alkanes) is 1. The van der Waals surface area contributed by atoms with Crippen molar-refractivity contribution in [1.82, 2.24) is 9.78 Å². The number of aromatic nitrogens is 2. The molecule has 1 heterocycles. The Balaban J connectivity index is 1.78. The van der Waals surface area contributed by atoms with Gasteiger partial charge in [-0.05, 0) is 66.8 Å². The topological polar surface area (TPSA) is 75.8 Å². The average molecular weight is 534 g/mol. The first kappa shape index (κ1) is 25.8. The van der Waals surface area contributed by atoms with E-state index >= 15 is 0 Å². The molecule has 5 nitrogen and oxygen atoms in total. The Morgan fingerprint density at radius 2 is 1.75 bits per heavy atom. The molecule has 0 aliphatic carbocycles. The molecule has 8 heteroatoms. The van der Waals surface area contributed by atoms with Crippen molar-refractivity contribution in [2.75, 3.05) is 5.75 Å². The van der Waals surface area contributed by atoms with Crippen LogP contribution < -0.4 is 0 Å². The third-order valence-electron chi connectivity index (χ3n) is 5.47. The summed E-state index contributed by atoms with van der Waals surface area (Å²) in [5, 5.41) is 15.0. The second kappa shape index (κ2) is 11.6. The maximum atomic E-state index is 13.2. The van der Waals surface area contributed by atoms with E-state index in [-0.39, 0.29) is 9.80 Å². The van der Waals surface area contributed by atoms with Gasteiger partial charge in [-0.15, -0.1) is 11.8 Å². The number of allylic oxidation sites excluding steroid dienone is 1. The monoisotopic (exact) mass is 533 g/mol. The zero-order valence-corrected chi connectivity index (χ0v) is 22.0. The molecule has 182 valence electrons. The fourth-order valence-corrected chi connectivity index (χ4v) is 5.80. The molecule has 4 aromatic rings. The van der Waals surface area contributed by atoms with Crippen molar-refractivity contribution >= 4 is 39.3 Å². The van der Waals surface area contributed by atoms with E-state index in [1.165, 1.54) is 30.3 Å². The van der Waals surface area contributed by atoms with Crippen LogP contribution in [0.15, 0.2) is 99.8 Å². The number of benzene rings is 3. The Labute approximate surface area is 221 Å². The van der Waals surface area contributed by atoms with Gasteiger partial charge in [0.1, 0.15) is 16.7 Å². The van der Waals surface area contributed by atoms with Crippen LogP contribution in [0, 0.1) is 11.3 Å². The van der Waals surface area contributed by atoms with Crippen molar-refractivity contribution in [2.45, 2.75) is 29.6 Å². The molecule has 0 bridgehead atoms. The van der Waals surface area contributed by atoms with E-state index in [2.05, 4.69) is 6.92 Å². The van der Waals surface area contributed by atoms with E-state index in [9.17, 15) is 13.7 Å². The molecule has 36 heavy (non-hydrogen) atoms. The summed E-state index contributed by atoms with van der Waals surface area (Å²) in [5.74, 6) is 1.06. The van der Waals surface area contributed by atoms with E-state index in [4.69, 9.17) is 16.7 Å². The Morgan fingerprint density at radius 3 is 2.39 bits per heavy atom. The molecule has 0 saturated heterocycles. The van der Waals surface area contributed by atoms with Gasteiger partial charge in [-0.3, -0.25) is 0 Å². The smallest absolute Gasteiger partial charge is 0.216 e. The SMILES string of the molecule is CCCCSc1ccc(-c2nn(-c3ccccc3)cc2/C=C(/C#N)S(=O)(=O)c2ccc(Cl)cc2)cc1. The molecule has 0 spiro atoms. The highest BCUT2D eigenvalue weighted by molar-refractivity contribution is 7.99. The van der Waals surface area contributed by atoms with Crippen LogP contribution in [-0.4, -0.2) is 24.0 Å². The molecule has 3 aromatic carbocycles. The van der Waals surface area contributed by atoms with Crippen LogP contribution in [0.1, 0.15) is 25.3 Å². The van der Waals surface area contributed by atoms with Crippen molar-refractivity contribution in [3.8, 4) is 23.0 Å². The van der Waals surface area contributed by atoms with Crippen LogP contribution in [0.5, 0.6) is 0 Å². The number of thioether (sulfide) groups is 1. The van der Waals surface area contributed by atoms with Gasteiger partial charge in [-0.2, -0.15) is 10.4 Å². The maximum Gasteiger partial charge on any atom is 0.216 e. The fraction of sp³-hybridized carbons (Fsp3) is 0.143. The van der Waals surface area contributed by atoms with Crippen molar-refractivity contribution < 1.29 is 8.42 Å². The van der Waals surface area contributed by atoms with Crippen LogP contribution in [0.25, 0.3) is 23.0 Å². The lowest BCUT2D eigenvalue weighted by Gasteiger charge is -2.05. The molecule has 0 aliphatic heterocycles. The quantitative estimate of drug-likeness (QED) is 0.127. The lowest BCUT2D eigenvalue weighted by Crippen LogP contribution is -2.03. The zero-order valence-electron chi connectivity index (χ0n) is 19.6. The van der Waals surface area contributed by atoms with Crippen LogP contribution in [-0.2, 0) is 9.84 Å². The number of nitriles is 1. The minimum absolute atomic E-state index is 0.00478. The Kier molecular flexibility index (Phi) is 8.32. The molecule has 0 unspecified atom stereocenters. The summed E-state index contributed by atoms with van der Waals surface area (Å²) in [7, 11) is -4.04. The highest BCUT2D eigenvalue weighted by Gasteiger charge is 2.22. The molecule has 0 aliphatic rings. The third-order valence-corrected chi connectivity index (χ3v) is 8.50. The van der Waals surface area contributed by atoms with Gasteiger partial charge in [0.05, 0.1) is 10.6 Å². The number of sulfone groups is 1. The number of halogens is 1. The highest BCUT2D eigenvalue weighted by Crippen LogP contribution is 2.30. The van der Waals surface area contributed by atoms with E-state index < -0.39 is 9.84 Å². The summed E-state index contributed by atoms with van der Waals surface area (Å²) >= 11 is 7.72. The Bertz CT molecular complexity index is 1500. The predicted molar refractivity (Wildman–Crippen MR) is 147 cm³/mol. The number of rotatable bonds is 9. The molecular formula is C28H24ClN3O2S2. The number of hydrogen-bond acceptors (Lipinski definition) is 5. The lowest BCUT2D eigenvalue weighted by molar-refractivity contribution is 0.603. The van der Waals surface area contributed by atoms with E-state index in [1.54, 1.807) is 22.6 Å². The third kappa shape index (κ3) is 5.90. The van der Waals surface area contributed by atoms with E-state index in [0.717, 1.165) is 34.7 Å². The molecule has 0 N–H and O–H groups in total. The number of para-hydroxylation sites is 1. The molecule has 0 radical (unpaired) electrons. The van der Waals surface area contributed by atoms with Gasteiger partial charge in [0.15, 0.2) is 0 Å². The normalized spacial score (nSPS) is 11.9. The largest absolute Gasteiger partial charge is 0.240 e. The molecule has 0 fully saturated rings. The minimum Gasteiger partial charge on any atom is -0.240 e. The molecule has 0 amide bonds. The first-order chi connectivity index (χ1) is 17.4. The highest BCUT2D eigenvalue weighted by atomic mass is 35.5. The van der Waals surface area contributed by atoms with Gasteiger partial charge < -0.3 is 0 Å². The van der Waals surface area contributed by atoms with Gasteiger partial charge in [-0.1, -0.05) is 55.3 Å². The molecule has 0 atom stereocenters. The van der Waals surface area contributed by atoms with E-state index in [1.807, 2.05) is 60.7 Å². The van der Waals surface area contributed by atoms with Crippen LogP contribution >= 0.6 is 23.4 Å². The first-order valence-electron chi connectivity index (χ1n) is 11.4.